The molecule has 0 fully saturated rings. The third-order valence-electron chi connectivity index (χ3n) is 0.603. The third kappa shape index (κ3) is 52.6. The van der Waals surface area contributed by atoms with Crippen LogP contribution in [0.25, 0.3) is 0 Å². The van der Waals surface area contributed by atoms with E-state index < -0.39 is 13.3 Å². The van der Waals surface area contributed by atoms with E-state index in [0.717, 1.165) is 0 Å². The predicted molar refractivity (Wildman–Crippen MR) is 45.3 cm³/mol. The van der Waals surface area contributed by atoms with Crippen LogP contribution in [0.15, 0.2) is 0 Å². The average Bonchev–Trinajstić information content (AvgIpc) is 1.52. The lowest BCUT2D eigenvalue weighted by atomic mass is 10.3. The minimum atomic E-state index is -2.17. The molecule has 0 aromatic rings. The van der Waals surface area contributed by atoms with Gasteiger partial charge >= 0.3 is 7.32 Å². The van der Waals surface area contributed by atoms with E-state index in [1.165, 1.54) is 0 Å². The van der Waals surface area contributed by atoms with Crippen LogP contribution < -0.4 is 11.3 Å². The highest BCUT2D eigenvalue weighted by Gasteiger charge is 2.04. The number of aliphatic carboxylic acids is 1. The maximum absolute atomic E-state index is 9.89. The smallest absolute Gasteiger partial charge is 0.544 e. The minimum absolute atomic E-state index is 0. The number of carboxylic acid groups (broad SMARTS) is 1. The van der Waals surface area contributed by atoms with Crippen molar-refractivity contribution in [2.75, 3.05) is 27.7 Å². The second-order valence-electron chi connectivity index (χ2n) is 3.17. The van der Waals surface area contributed by atoms with Gasteiger partial charge in [-0.3, -0.25) is 0 Å². The first-order valence-corrected chi connectivity index (χ1v) is 3.19. The van der Waals surface area contributed by atoms with Crippen LogP contribution in [0.1, 0.15) is 0 Å². The molecule has 0 aromatic carbocycles. The van der Waals surface area contributed by atoms with Gasteiger partial charge in [-0.2, -0.15) is 0 Å². The van der Waals surface area contributed by atoms with Crippen molar-refractivity contribution < 1.29 is 29.5 Å². The maximum atomic E-state index is 9.89. The maximum Gasteiger partial charge on any atom is 0.631 e. The van der Waals surface area contributed by atoms with Crippen LogP contribution in [0, 0.1) is 0 Å². The Bertz CT molecular complexity index is 133. The molecule has 0 saturated carbocycles. The Morgan fingerprint density at radius 1 is 1.31 bits per heavy atom. The van der Waals surface area contributed by atoms with Crippen LogP contribution in [0.4, 0.5) is 0 Å². The summed E-state index contributed by atoms with van der Waals surface area (Å²) in [5.74, 6) is -1.00. The van der Waals surface area contributed by atoms with Gasteiger partial charge in [0, 0.05) is 0 Å². The number of likely N-dealkylation sites (N-methyl/N-ethyl adjacent to an activating group) is 1. The molecule has 0 aliphatic rings. The molecule has 8 heteroatoms. The summed E-state index contributed by atoms with van der Waals surface area (Å²) >= 11 is 0. The summed E-state index contributed by atoms with van der Waals surface area (Å²) in [5, 5.41) is 31.4. The van der Waals surface area contributed by atoms with Gasteiger partial charge < -0.3 is 35.6 Å². The van der Waals surface area contributed by atoms with E-state index in [0.29, 0.717) is 4.48 Å². The number of nitrogens with zero attached hydrogens (tertiary/aromatic N) is 1. The second-order valence-corrected chi connectivity index (χ2v) is 3.17. The van der Waals surface area contributed by atoms with E-state index in [1.54, 1.807) is 21.1 Å². The monoisotopic (exact) mass is 196 g/mol. The topological polar surface area (TPSA) is 136 Å². The van der Waals surface area contributed by atoms with Crippen LogP contribution in [0.2, 0.25) is 0 Å². The van der Waals surface area contributed by atoms with Gasteiger partial charge in [0.05, 0.1) is 27.1 Å². The first-order chi connectivity index (χ1) is 5.15. The molecular weight excluding hydrogens is 179 g/mol. The largest absolute Gasteiger partial charge is 0.631 e. The Labute approximate surface area is 77.6 Å². The normalized spacial score (nSPS) is 9.08. The summed E-state index contributed by atoms with van der Waals surface area (Å²) in [7, 11) is 3.24. The summed E-state index contributed by atoms with van der Waals surface area (Å²) in [6.45, 7) is 0.0694. The molecule has 0 atom stereocenters. The number of carbonyl (C=O) groups is 1. The van der Waals surface area contributed by atoms with Crippen molar-refractivity contribution in [3.05, 3.63) is 0 Å². The zero-order valence-electron chi connectivity index (χ0n) is 8.10. The number of rotatable bonds is 2. The fourth-order valence-electron chi connectivity index (χ4n) is 0.387. The number of carboxylic acids is 1. The van der Waals surface area contributed by atoms with Crippen molar-refractivity contribution in [2.24, 2.45) is 0 Å². The van der Waals surface area contributed by atoms with Crippen LogP contribution in [-0.2, 0) is 4.79 Å². The Morgan fingerprint density at radius 3 is 1.54 bits per heavy atom. The van der Waals surface area contributed by atoms with Crippen LogP contribution in [0.5, 0.6) is 0 Å². The summed E-state index contributed by atoms with van der Waals surface area (Å²) < 4.78 is 0.419. The molecule has 80 valence electrons. The highest BCUT2D eigenvalue weighted by atomic mass is 16.5. The van der Waals surface area contributed by atoms with E-state index in [4.69, 9.17) is 15.1 Å². The number of hydrogen-bond donors (Lipinski definition) is 4. The summed E-state index contributed by atoms with van der Waals surface area (Å²) in [6.07, 6.45) is 0. The zero-order valence-corrected chi connectivity index (χ0v) is 8.10. The lowest BCUT2D eigenvalue weighted by Crippen LogP contribution is -2.45. The van der Waals surface area contributed by atoms with Gasteiger partial charge in [-0.1, -0.05) is 0 Å². The van der Waals surface area contributed by atoms with E-state index in [9.17, 15) is 9.90 Å². The first-order valence-electron chi connectivity index (χ1n) is 3.19. The van der Waals surface area contributed by atoms with E-state index in [1.807, 2.05) is 0 Å². The first kappa shape index (κ1) is 18.2. The van der Waals surface area contributed by atoms with Gasteiger partial charge in [0.15, 0.2) is 0 Å². The number of quaternary nitrogens is 1. The molecule has 0 heterocycles. The van der Waals surface area contributed by atoms with Crippen molar-refractivity contribution in [1.82, 2.24) is 6.15 Å². The molecule has 0 rings (SSSR count). The average molecular weight is 196 g/mol. The quantitative estimate of drug-likeness (QED) is 0.268. The Kier molecular flexibility index (Phi) is 11.1. The molecule has 13 heavy (non-hydrogen) atoms. The molecule has 0 aliphatic carbocycles. The van der Waals surface area contributed by atoms with Crippen LogP contribution >= 0.6 is 0 Å². The van der Waals surface area contributed by atoms with E-state index in [2.05, 4.69) is 0 Å². The Morgan fingerprint density at radius 2 is 1.54 bits per heavy atom. The molecule has 7 nitrogen and oxygen atoms in total. The fourth-order valence-corrected chi connectivity index (χ4v) is 0.387. The van der Waals surface area contributed by atoms with Crippen LogP contribution in [0.3, 0.4) is 0 Å². The highest BCUT2D eigenvalue weighted by molar-refractivity contribution is 6.30. The highest BCUT2D eigenvalue weighted by Crippen LogP contribution is 1.84. The molecule has 0 aromatic heterocycles. The molecule has 0 saturated heterocycles. The van der Waals surface area contributed by atoms with Crippen LogP contribution in [-0.4, -0.2) is 60.5 Å². The van der Waals surface area contributed by atoms with Crippen molar-refractivity contribution in [1.29, 1.82) is 0 Å². The molecule has 0 spiro atoms. The van der Waals surface area contributed by atoms with Crippen molar-refractivity contribution >= 4 is 13.3 Å². The van der Waals surface area contributed by atoms with E-state index >= 15 is 0 Å². The summed E-state index contributed by atoms with van der Waals surface area (Å²) in [5.41, 5.74) is 0. The Balaban J connectivity index is -0.000000173. The number of carbonyl (C=O) groups excluding carboxylic acids is 1. The SMILES string of the molecule is C[N+](C)(C)CC(=O)[O-].N.OB(O)O. The zero-order chi connectivity index (χ0) is 10.4. The second kappa shape index (κ2) is 7.96. The predicted octanol–water partition coefficient (Wildman–Crippen LogP) is -3.45. The Hall–Kier alpha value is -0.665. The molecule has 0 amide bonds. The minimum Gasteiger partial charge on any atom is -0.544 e. The molecule has 0 aliphatic heterocycles. The fraction of sp³-hybridized carbons (Fsp3) is 0.800. The molecule has 6 N–H and O–H groups in total. The summed E-state index contributed by atoms with van der Waals surface area (Å²) in [4.78, 5) is 9.89. The van der Waals surface area contributed by atoms with Gasteiger partial charge in [-0.15, -0.1) is 0 Å². The summed E-state index contributed by atoms with van der Waals surface area (Å²) in [6, 6.07) is 0. The van der Waals surface area contributed by atoms with Gasteiger partial charge in [-0.25, -0.2) is 0 Å². The molecule has 0 bridgehead atoms. The van der Waals surface area contributed by atoms with Gasteiger partial charge in [0.1, 0.15) is 6.54 Å². The molecular formula is C5H17BN2O5. The van der Waals surface area contributed by atoms with Crippen molar-refractivity contribution in [3.8, 4) is 0 Å². The number of hydrogen-bond acceptors (Lipinski definition) is 6. The lowest BCUT2D eigenvalue weighted by Gasteiger charge is -2.23. The van der Waals surface area contributed by atoms with Crippen molar-refractivity contribution in [3.63, 3.8) is 0 Å². The molecule has 0 radical (unpaired) electrons. The lowest BCUT2D eigenvalue weighted by molar-refractivity contribution is -0.864. The van der Waals surface area contributed by atoms with E-state index in [-0.39, 0.29) is 12.7 Å². The third-order valence-corrected chi connectivity index (χ3v) is 0.603. The van der Waals surface area contributed by atoms with Gasteiger partial charge in [-0.05, 0) is 0 Å². The molecule has 0 unspecified atom stereocenters. The standard InChI is InChI=1S/C5H11NO2.BH3O3.H3N/c1-6(2,3)4-5(7)8;2-1(3)4;/h4H2,1-3H3;2-4H;1H3. The van der Waals surface area contributed by atoms with Gasteiger partial charge in [0.25, 0.3) is 0 Å². The van der Waals surface area contributed by atoms with Gasteiger partial charge in [0.2, 0.25) is 0 Å². The van der Waals surface area contributed by atoms with Crippen molar-refractivity contribution in [2.45, 2.75) is 0 Å².